The third-order valence-electron chi connectivity index (χ3n) is 3.99. The van der Waals surface area contributed by atoms with Crippen LogP contribution in [0, 0.1) is 0 Å². The molecule has 0 fully saturated rings. The van der Waals surface area contributed by atoms with Crippen molar-refractivity contribution >= 4 is 15.9 Å². The van der Waals surface area contributed by atoms with E-state index in [1.807, 2.05) is 44.2 Å². The molecule has 1 atom stereocenters. The van der Waals surface area contributed by atoms with Crippen LogP contribution in [0.4, 0.5) is 0 Å². The Morgan fingerprint density at radius 2 is 1.68 bits per heavy atom. The van der Waals surface area contributed by atoms with Gasteiger partial charge in [-0.15, -0.1) is 0 Å². The lowest BCUT2D eigenvalue weighted by molar-refractivity contribution is 0.0785. The molecule has 2 aromatic rings. The highest BCUT2D eigenvalue weighted by Crippen LogP contribution is 2.14. The van der Waals surface area contributed by atoms with Crippen molar-refractivity contribution in [2.45, 2.75) is 37.8 Å². The van der Waals surface area contributed by atoms with Crippen LogP contribution in [0.3, 0.4) is 0 Å². The van der Waals surface area contributed by atoms with Gasteiger partial charge in [0, 0.05) is 25.2 Å². The zero-order valence-electron chi connectivity index (χ0n) is 14.8. The number of hydrogen-bond acceptors (Lipinski definition) is 3. The zero-order chi connectivity index (χ0) is 18.4. The second-order valence-corrected chi connectivity index (χ2v) is 7.82. The Balaban J connectivity index is 2.09. The summed E-state index contributed by atoms with van der Waals surface area (Å²) < 4.78 is 27.1. The minimum atomic E-state index is -3.56. The molecule has 25 heavy (non-hydrogen) atoms. The fourth-order valence-corrected chi connectivity index (χ4v) is 3.67. The van der Waals surface area contributed by atoms with Gasteiger partial charge in [-0.3, -0.25) is 4.79 Å². The van der Waals surface area contributed by atoms with E-state index < -0.39 is 10.0 Å². The fourth-order valence-electron chi connectivity index (χ4n) is 2.34. The Hall–Kier alpha value is -2.18. The van der Waals surface area contributed by atoms with E-state index in [4.69, 9.17) is 0 Å². The van der Waals surface area contributed by atoms with Gasteiger partial charge in [-0.25, -0.2) is 13.1 Å². The summed E-state index contributed by atoms with van der Waals surface area (Å²) in [5.41, 5.74) is 1.50. The maximum absolute atomic E-state index is 12.5. The lowest BCUT2D eigenvalue weighted by Crippen LogP contribution is -2.32. The first-order valence-corrected chi connectivity index (χ1v) is 9.73. The molecular formula is C19H24N2O3S. The smallest absolute Gasteiger partial charge is 0.253 e. The maximum atomic E-state index is 12.5. The van der Waals surface area contributed by atoms with Gasteiger partial charge in [0.05, 0.1) is 4.90 Å². The number of carbonyl (C=O) groups is 1. The van der Waals surface area contributed by atoms with Crippen molar-refractivity contribution in [2.75, 3.05) is 7.05 Å². The van der Waals surface area contributed by atoms with E-state index in [0.29, 0.717) is 18.5 Å². The molecule has 6 heteroatoms. The summed E-state index contributed by atoms with van der Waals surface area (Å²) in [4.78, 5) is 14.3. The van der Waals surface area contributed by atoms with Gasteiger partial charge in [0.25, 0.3) is 5.91 Å². The van der Waals surface area contributed by atoms with Crippen LogP contribution in [0.2, 0.25) is 0 Å². The average Bonchev–Trinajstić information content (AvgIpc) is 2.61. The van der Waals surface area contributed by atoms with Crippen LogP contribution in [0.15, 0.2) is 59.5 Å². The molecule has 0 aliphatic heterocycles. The lowest BCUT2D eigenvalue weighted by Gasteiger charge is -2.18. The number of nitrogens with one attached hydrogen (secondary N) is 1. The van der Waals surface area contributed by atoms with Crippen LogP contribution in [-0.2, 0) is 16.6 Å². The van der Waals surface area contributed by atoms with Crippen molar-refractivity contribution in [1.82, 2.24) is 9.62 Å². The topological polar surface area (TPSA) is 66.5 Å². The third kappa shape index (κ3) is 5.14. The molecule has 0 bridgehead atoms. The van der Waals surface area contributed by atoms with Crippen molar-refractivity contribution in [3.8, 4) is 0 Å². The van der Waals surface area contributed by atoms with E-state index in [0.717, 1.165) is 5.56 Å². The molecule has 0 radical (unpaired) electrons. The molecule has 0 aromatic heterocycles. The van der Waals surface area contributed by atoms with Gasteiger partial charge in [-0.05, 0) is 43.2 Å². The number of sulfonamides is 1. The zero-order valence-corrected chi connectivity index (χ0v) is 15.6. The van der Waals surface area contributed by atoms with Crippen molar-refractivity contribution in [1.29, 1.82) is 0 Å². The number of benzene rings is 2. The lowest BCUT2D eigenvalue weighted by atomic mass is 10.1. The first-order valence-electron chi connectivity index (χ1n) is 8.25. The second-order valence-electron chi connectivity index (χ2n) is 6.10. The number of hydrogen-bond donors (Lipinski definition) is 1. The number of rotatable bonds is 7. The highest BCUT2D eigenvalue weighted by Gasteiger charge is 2.18. The van der Waals surface area contributed by atoms with Crippen LogP contribution in [0.25, 0.3) is 0 Å². The van der Waals surface area contributed by atoms with Gasteiger partial charge in [-0.2, -0.15) is 0 Å². The summed E-state index contributed by atoms with van der Waals surface area (Å²) >= 11 is 0. The standard InChI is InChI=1S/C19H24N2O3S/c1-4-15(2)20-25(23,24)18-12-10-17(11-13-18)19(22)21(3)14-16-8-6-5-7-9-16/h5-13,15,20H,4,14H2,1-3H3. The first kappa shape index (κ1) is 19.1. The van der Waals surface area contributed by atoms with Crippen molar-refractivity contribution < 1.29 is 13.2 Å². The quantitative estimate of drug-likeness (QED) is 0.825. The summed E-state index contributed by atoms with van der Waals surface area (Å²) in [6.07, 6.45) is 0.708. The minimum Gasteiger partial charge on any atom is -0.337 e. The van der Waals surface area contributed by atoms with Crippen LogP contribution in [0.1, 0.15) is 36.2 Å². The van der Waals surface area contributed by atoms with E-state index in [9.17, 15) is 13.2 Å². The number of amides is 1. The molecule has 0 saturated carbocycles. The Kier molecular flexibility index (Phi) is 6.33. The largest absolute Gasteiger partial charge is 0.337 e. The Bertz CT molecular complexity index is 802. The number of carbonyl (C=O) groups excluding carboxylic acids is 1. The van der Waals surface area contributed by atoms with Gasteiger partial charge in [0.15, 0.2) is 0 Å². The van der Waals surface area contributed by atoms with Gasteiger partial charge < -0.3 is 4.90 Å². The van der Waals surface area contributed by atoms with E-state index in [1.165, 1.54) is 12.1 Å². The SMILES string of the molecule is CCC(C)NS(=O)(=O)c1ccc(C(=O)N(C)Cc2ccccc2)cc1. The van der Waals surface area contributed by atoms with Crippen LogP contribution >= 0.6 is 0 Å². The van der Waals surface area contributed by atoms with E-state index in [-0.39, 0.29) is 16.8 Å². The first-order chi connectivity index (χ1) is 11.8. The highest BCUT2D eigenvalue weighted by atomic mass is 32.2. The van der Waals surface area contributed by atoms with E-state index in [1.54, 1.807) is 24.1 Å². The van der Waals surface area contributed by atoms with Crippen LogP contribution in [0.5, 0.6) is 0 Å². The van der Waals surface area contributed by atoms with Crippen molar-refractivity contribution in [3.05, 3.63) is 65.7 Å². The average molecular weight is 360 g/mol. The summed E-state index contributed by atoms with van der Waals surface area (Å²) in [7, 11) is -1.83. The van der Waals surface area contributed by atoms with Gasteiger partial charge in [-0.1, -0.05) is 37.3 Å². The van der Waals surface area contributed by atoms with Crippen molar-refractivity contribution in [3.63, 3.8) is 0 Å². The molecule has 0 aliphatic rings. The molecule has 0 saturated heterocycles. The molecular weight excluding hydrogens is 336 g/mol. The van der Waals surface area contributed by atoms with Gasteiger partial charge in [0.1, 0.15) is 0 Å². The van der Waals surface area contributed by atoms with Gasteiger partial charge >= 0.3 is 0 Å². The normalized spacial score (nSPS) is 12.6. The summed E-state index contributed by atoms with van der Waals surface area (Å²) in [6.45, 7) is 4.22. The molecule has 2 aromatic carbocycles. The maximum Gasteiger partial charge on any atom is 0.253 e. The molecule has 1 N–H and O–H groups in total. The molecule has 1 amide bonds. The Morgan fingerprint density at radius 1 is 1.08 bits per heavy atom. The molecule has 0 heterocycles. The predicted molar refractivity (Wildman–Crippen MR) is 98.8 cm³/mol. The molecule has 134 valence electrons. The minimum absolute atomic E-state index is 0.136. The fraction of sp³-hybridized carbons (Fsp3) is 0.316. The third-order valence-corrected chi connectivity index (χ3v) is 5.59. The van der Waals surface area contributed by atoms with Gasteiger partial charge in [0.2, 0.25) is 10.0 Å². The van der Waals surface area contributed by atoms with E-state index in [2.05, 4.69) is 4.72 Å². The summed E-state index contributed by atoms with van der Waals surface area (Å²) in [6, 6.07) is 15.6. The summed E-state index contributed by atoms with van der Waals surface area (Å²) in [5.74, 6) is -0.150. The molecule has 2 rings (SSSR count). The molecule has 0 spiro atoms. The van der Waals surface area contributed by atoms with Crippen molar-refractivity contribution in [2.24, 2.45) is 0 Å². The second kappa shape index (κ2) is 8.27. The molecule has 0 aliphatic carbocycles. The predicted octanol–water partition coefficient (Wildman–Crippen LogP) is 3.04. The Labute approximate surface area is 149 Å². The molecule has 5 nitrogen and oxygen atoms in total. The molecule has 1 unspecified atom stereocenters. The van der Waals surface area contributed by atoms with Crippen LogP contribution < -0.4 is 4.72 Å². The monoisotopic (exact) mass is 360 g/mol. The number of nitrogens with zero attached hydrogens (tertiary/aromatic N) is 1. The van der Waals surface area contributed by atoms with E-state index >= 15 is 0 Å². The summed E-state index contributed by atoms with van der Waals surface area (Å²) in [5, 5.41) is 0. The highest BCUT2D eigenvalue weighted by molar-refractivity contribution is 7.89. The van der Waals surface area contributed by atoms with Crippen LogP contribution in [-0.4, -0.2) is 32.3 Å². The Morgan fingerprint density at radius 3 is 2.24 bits per heavy atom.